The number of unbranched alkanes of at least 4 members (excludes halogenated alkanes) is 1. The van der Waals surface area contributed by atoms with Crippen LogP contribution in [-0.2, 0) is 4.79 Å². The number of hydrogen-bond acceptors (Lipinski definition) is 3. The number of para-hydroxylation sites is 2. The molecule has 6 nitrogen and oxygen atoms in total. The van der Waals surface area contributed by atoms with Gasteiger partial charge in [-0.2, -0.15) is 0 Å². The van der Waals surface area contributed by atoms with Crippen molar-refractivity contribution in [3.05, 3.63) is 114 Å². The summed E-state index contributed by atoms with van der Waals surface area (Å²) in [6.07, 6.45) is 3.97. The molecule has 0 spiro atoms. The number of hydrogen-bond donors (Lipinski definition) is 0. The summed E-state index contributed by atoms with van der Waals surface area (Å²) in [4.78, 5) is 31.2. The number of anilines is 1. The summed E-state index contributed by atoms with van der Waals surface area (Å²) < 4.78 is 21.7. The van der Waals surface area contributed by atoms with Crippen molar-refractivity contribution >= 4 is 17.5 Å². The van der Waals surface area contributed by atoms with Gasteiger partial charge in [-0.25, -0.2) is 4.39 Å². The molecule has 1 aliphatic heterocycles. The van der Waals surface area contributed by atoms with Crippen LogP contribution in [0.25, 0.3) is 5.69 Å². The molecular formula is C33H34FN3O3. The normalized spacial score (nSPS) is 14.0. The molecule has 1 aliphatic rings. The van der Waals surface area contributed by atoms with Crippen LogP contribution in [0.4, 0.5) is 10.1 Å². The number of benzene rings is 3. The van der Waals surface area contributed by atoms with Crippen molar-refractivity contribution in [1.82, 2.24) is 9.47 Å². The Morgan fingerprint density at radius 3 is 2.30 bits per heavy atom. The highest BCUT2D eigenvalue weighted by Gasteiger charge is 2.37. The summed E-state index contributed by atoms with van der Waals surface area (Å²) in [6, 6.07) is 24.2. The lowest BCUT2D eigenvalue weighted by Gasteiger charge is -2.40. The molecule has 206 valence electrons. The van der Waals surface area contributed by atoms with E-state index in [0.717, 1.165) is 35.5 Å². The molecule has 0 N–H and O–H groups in total. The average molecular weight is 540 g/mol. The van der Waals surface area contributed by atoms with Gasteiger partial charge in [0.15, 0.2) is 0 Å². The van der Waals surface area contributed by atoms with Gasteiger partial charge in [0.2, 0.25) is 5.91 Å². The second-order valence-corrected chi connectivity index (χ2v) is 10.3. The maximum Gasteiger partial charge on any atom is 0.254 e. The number of ether oxygens (including phenoxy) is 1. The maximum atomic E-state index is 14.2. The molecule has 0 fully saturated rings. The number of carbonyl (C=O) groups excluding carboxylic acids is 2. The third-order valence-electron chi connectivity index (χ3n) is 7.23. The molecule has 5 rings (SSSR count). The quantitative estimate of drug-likeness (QED) is 0.220. The SMILES string of the molecule is CCCCOc1ccc(C(=O)N(CC(=O)N2c3ccccc3-n3cccc3[C@H]2c2ccc(F)cc2)C(C)C)cc1. The van der Waals surface area contributed by atoms with E-state index in [1.165, 1.54) is 12.1 Å². The van der Waals surface area contributed by atoms with Crippen LogP contribution in [0.1, 0.15) is 61.3 Å². The molecule has 0 unspecified atom stereocenters. The largest absolute Gasteiger partial charge is 0.494 e. The van der Waals surface area contributed by atoms with Crippen LogP contribution in [0.3, 0.4) is 0 Å². The molecule has 0 saturated heterocycles. The molecular weight excluding hydrogens is 505 g/mol. The Morgan fingerprint density at radius 2 is 1.62 bits per heavy atom. The van der Waals surface area contributed by atoms with Crippen molar-refractivity contribution in [2.45, 2.75) is 45.7 Å². The van der Waals surface area contributed by atoms with E-state index in [0.29, 0.717) is 17.9 Å². The Morgan fingerprint density at radius 1 is 0.925 bits per heavy atom. The smallest absolute Gasteiger partial charge is 0.254 e. The molecule has 7 heteroatoms. The highest BCUT2D eigenvalue weighted by molar-refractivity contribution is 6.02. The monoisotopic (exact) mass is 539 g/mol. The fourth-order valence-electron chi connectivity index (χ4n) is 5.13. The average Bonchev–Trinajstić information content (AvgIpc) is 3.46. The fourth-order valence-corrected chi connectivity index (χ4v) is 5.13. The van der Waals surface area contributed by atoms with Crippen molar-refractivity contribution < 1.29 is 18.7 Å². The molecule has 0 aliphatic carbocycles. The third-order valence-corrected chi connectivity index (χ3v) is 7.23. The van der Waals surface area contributed by atoms with Gasteiger partial charge >= 0.3 is 0 Å². The van der Waals surface area contributed by atoms with Gasteiger partial charge in [0.25, 0.3) is 5.91 Å². The van der Waals surface area contributed by atoms with Crippen LogP contribution < -0.4 is 9.64 Å². The first-order valence-electron chi connectivity index (χ1n) is 13.8. The molecule has 0 bridgehead atoms. The maximum absolute atomic E-state index is 14.2. The van der Waals surface area contributed by atoms with Crippen LogP contribution in [-0.4, -0.2) is 40.5 Å². The summed E-state index contributed by atoms with van der Waals surface area (Å²) >= 11 is 0. The molecule has 2 amide bonds. The van der Waals surface area contributed by atoms with Gasteiger partial charge in [0, 0.05) is 17.8 Å². The molecule has 0 radical (unpaired) electrons. The van der Waals surface area contributed by atoms with E-state index in [9.17, 15) is 14.0 Å². The summed E-state index contributed by atoms with van der Waals surface area (Å²) in [7, 11) is 0. The molecule has 2 heterocycles. The van der Waals surface area contributed by atoms with Crippen LogP contribution in [0.15, 0.2) is 91.1 Å². The topological polar surface area (TPSA) is 54.8 Å². The van der Waals surface area contributed by atoms with Crippen LogP contribution in [0.2, 0.25) is 0 Å². The van der Waals surface area contributed by atoms with E-state index in [1.54, 1.807) is 46.2 Å². The van der Waals surface area contributed by atoms with Gasteiger partial charge in [0.1, 0.15) is 24.2 Å². The highest BCUT2D eigenvalue weighted by Crippen LogP contribution is 2.42. The van der Waals surface area contributed by atoms with Gasteiger partial charge in [-0.15, -0.1) is 0 Å². The number of fused-ring (bicyclic) bond motifs is 3. The lowest BCUT2D eigenvalue weighted by atomic mass is 9.97. The zero-order valence-electron chi connectivity index (χ0n) is 23.1. The van der Waals surface area contributed by atoms with E-state index in [-0.39, 0.29) is 30.2 Å². The first-order valence-corrected chi connectivity index (χ1v) is 13.8. The lowest BCUT2D eigenvalue weighted by molar-refractivity contribution is -0.120. The van der Waals surface area contributed by atoms with Gasteiger partial charge in [0.05, 0.1) is 23.7 Å². The number of halogens is 1. The Kier molecular flexibility index (Phi) is 8.01. The zero-order valence-corrected chi connectivity index (χ0v) is 23.1. The number of rotatable bonds is 9. The van der Waals surface area contributed by atoms with Gasteiger partial charge in [-0.3, -0.25) is 14.5 Å². The zero-order chi connectivity index (χ0) is 28.2. The molecule has 4 aromatic rings. The second-order valence-electron chi connectivity index (χ2n) is 10.3. The summed E-state index contributed by atoms with van der Waals surface area (Å²) in [6.45, 7) is 6.43. The first kappa shape index (κ1) is 27.2. The molecule has 3 aromatic carbocycles. The van der Waals surface area contributed by atoms with E-state index in [2.05, 4.69) is 11.5 Å². The summed E-state index contributed by atoms with van der Waals surface area (Å²) in [5.41, 5.74) is 3.77. The van der Waals surface area contributed by atoms with E-state index >= 15 is 0 Å². The molecule has 0 saturated carbocycles. The minimum absolute atomic E-state index is 0.113. The van der Waals surface area contributed by atoms with Crippen LogP contribution in [0, 0.1) is 5.82 Å². The highest BCUT2D eigenvalue weighted by atomic mass is 19.1. The van der Waals surface area contributed by atoms with E-state index in [4.69, 9.17) is 4.74 Å². The Balaban J connectivity index is 1.46. The Labute approximate surface area is 234 Å². The number of nitrogens with zero attached hydrogens (tertiary/aromatic N) is 3. The van der Waals surface area contributed by atoms with Crippen molar-refractivity contribution in [3.8, 4) is 11.4 Å². The second kappa shape index (κ2) is 11.8. The first-order chi connectivity index (χ1) is 19.4. The van der Waals surface area contributed by atoms with Crippen LogP contribution >= 0.6 is 0 Å². The summed E-state index contributed by atoms with van der Waals surface area (Å²) in [5.74, 6) is -0.0786. The predicted octanol–water partition coefficient (Wildman–Crippen LogP) is 6.78. The number of carbonyl (C=O) groups is 2. The molecule has 40 heavy (non-hydrogen) atoms. The molecule has 1 atom stereocenters. The lowest BCUT2D eigenvalue weighted by Crippen LogP contribution is -2.48. The van der Waals surface area contributed by atoms with Crippen molar-refractivity contribution in [2.24, 2.45) is 0 Å². The van der Waals surface area contributed by atoms with Crippen LogP contribution in [0.5, 0.6) is 5.75 Å². The Bertz CT molecular complexity index is 1480. The van der Waals surface area contributed by atoms with Crippen molar-refractivity contribution in [3.63, 3.8) is 0 Å². The Hall–Kier alpha value is -4.39. The standard InChI is InChI=1S/C33H34FN3O3/c1-4-5-21-40-27-18-14-25(15-19-27)33(39)36(23(2)3)22-31(38)37-29-10-7-6-9-28(29)35-20-8-11-30(35)32(37)24-12-16-26(34)17-13-24/h6-20,23,32H,4-5,21-22H2,1-3H3/t32-/m1/s1. The minimum atomic E-state index is -0.485. The van der Waals surface area contributed by atoms with Crippen molar-refractivity contribution in [1.29, 1.82) is 0 Å². The van der Waals surface area contributed by atoms with E-state index < -0.39 is 6.04 Å². The minimum Gasteiger partial charge on any atom is -0.494 e. The molecule has 1 aromatic heterocycles. The number of aromatic nitrogens is 1. The van der Waals surface area contributed by atoms with Gasteiger partial charge in [-0.05, 0) is 86.5 Å². The van der Waals surface area contributed by atoms with Crippen molar-refractivity contribution in [2.75, 3.05) is 18.1 Å². The predicted molar refractivity (Wildman–Crippen MR) is 155 cm³/mol. The fraction of sp³-hybridized carbons (Fsp3) is 0.273. The van der Waals surface area contributed by atoms with Gasteiger partial charge in [-0.1, -0.05) is 37.6 Å². The van der Waals surface area contributed by atoms with Gasteiger partial charge < -0.3 is 14.2 Å². The third kappa shape index (κ3) is 5.37. The van der Waals surface area contributed by atoms with E-state index in [1.807, 2.05) is 56.4 Å². The number of amides is 2. The summed E-state index contributed by atoms with van der Waals surface area (Å²) in [5, 5.41) is 0.